The Morgan fingerprint density at radius 3 is 3.29 bits per heavy atom. The highest BCUT2D eigenvalue weighted by molar-refractivity contribution is 9.11. The van der Waals surface area contributed by atoms with Crippen LogP contribution < -0.4 is 11.1 Å². The predicted molar refractivity (Wildman–Crippen MR) is 71.2 cm³/mol. The SMILES string of the molecule is NC(=O)OCCNC1CCCc2sc(Br)cc21. The minimum Gasteiger partial charge on any atom is -0.448 e. The normalized spacial score (nSPS) is 18.8. The number of nitrogens with one attached hydrogen (secondary N) is 1. The molecule has 1 aromatic rings. The quantitative estimate of drug-likeness (QED) is 0.839. The molecule has 1 atom stereocenters. The molecule has 3 N–H and O–H groups in total. The van der Waals surface area contributed by atoms with Crippen molar-refractivity contribution in [3.8, 4) is 0 Å². The first-order valence-electron chi connectivity index (χ1n) is 5.60. The van der Waals surface area contributed by atoms with Gasteiger partial charge in [0, 0.05) is 17.5 Å². The van der Waals surface area contributed by atoms with Gasteiger partial charge >= 0.3 is 6.09 Å². The average molecular weight is 319 g/mol. The Balaban J connectivity index is 1.88. The summed E-state index contributed by atoms with van der Waals surface area (Å²) in [5.74, 6) is 0. The Bertz CT molecular complexity index is 408. The summed E-state index contributed by atoms with van der Waals surface area (Å²) in [6, 6.07) is 2.56. The zero-order chi connectivity index (χ0) is 12.3. The second kappa shape index (κ2) is 5.84. The molecule has 2 rings (SSSR count). The molecule has 0 fully saturated rings. The van der Waals surface area contributed by atoms with E-state index >= 15 is 0 Å². The van der Waals surface area contributed by atoms with Crippen LogP contribution in [0.1, 0.15) is 29.3 Å². The first kappa shape index (κ1) is 12.9. The fourth-order valence-electron chi connectivity index (χ4n) is 2.12. The van der Waals surface area contributed by atoms with Crippen LogP contribution in [0.25, 0.3) is 0 Å². The molecule has 0 bridgehead atoms. The third-order valence-corrected chi connectivity index (χ3v) is 4.53. The lowest BCUT2D eigenvalue weighted by atomic mass is 9.94. The van der Waals surface area contributed by atoms with Crippen LogP contribution in [-0.2, 0) is 11.2 Å². The van der Waals surface area contributed by atoms with Crippen LogP contribution in [0.5, 0.6) is 0 Å². The van der Waals surface area contributed by atoms with Gasteiger partial charge in [-0.2, -0.15) is 0 Å². The summed E-state index contributed by atoms with van der Waals surface area (Å²) in [4.78, 5) is 11.9. The van der Waals surface area contributed by atoms with Crippen molar-refractivity contribution in [2.45, 2.75) is 25.3 Å². The zero-order valence-electron chi connectivity index (χ0n) is 9.37. The molecule has 1 heterocycles. The monoisotopic (exact) mass is 318 g/mol. The summed E-state index contributed by atoms with van der Waals surface area (Å²) in [5.41, 5.74) is 6.28. The van der Waals surface area contributed by atoms with Crippen molar-refractivity contribution in [2.24, 2.45) is 5.73 Å². The summed E-state index contributed by atoms with van der Waals surface area (Å²) in [5, 5.41) is 3.40. The highest BCUT2D eigenvalue weighted by atomic mass is 79.9. The Hall–Kier alpha value is -0.590. The van der Waals surface area contributed by atoms with E-state index in [2.05, 4.69) is 27.3 Å². The van der Waals surface area contributed by atoms with Crippen molar-refractivity contribution in [2.75, 3.05) is 13.2 Å². The molecular formula is C11H15BrN2O2S. The largest absolute Gasteiger partial charge is 0.448 e. The fourth-order valence-corrected chi connectivity index (χ4v) is 3.94. The molecule has 0 saturated carbocycles. The molecule has 17 heavy (non-hydrogen) atoms. The molecule has 0 aliphatic heterocycles. The van der Waals surface area contributed by atoms with Gasteiger partial charge in [0.2, 0.25) is 0 Å². The van der Waals surface area contributed by atoms with Crippen molar-refractivity contribution in [3.05, 3.63) is 20.3 Å². The van der Waals surface area contributed by atoms with Crippen molar-refractivity contribution in [3.63, 3.8) is 0 Å². The molecule has 0 radical (unpaired) electrons. The number of amides is 1. The summed E-state index contributed by atoms with van der Waals surface area (Å²) >= 11 is 5.33. The lowest BCUT2D eigenvalue weighted by molar-refractivity contribution is 0.155. The first-order valence-corrected chi connectivity index (χ1v) is 7.21. The van der Waals surface area contributed by atoms with E-state index in [1.54, 1.807) is 0 Å². The second-order valence-electron chi connectivity index (χ2n) is 4.00. The van der Waals surface area contributed by atoms with Gasteiger partial charge in [0.1, 0.15) is 6.61 Å². The summed E-state index contributed by atoms with van der Waals surface area (Å²) in [6.45, 7) is 0.965. The molecule has 1 aromatic heterocycles. The number of ether oxygens (including phenoxy) is 1. The van der Waals surface area contributed by atoms with Gasteiger partial charge in [-0.25, -0.2) is 4.79 Å². The van der Waals surface area contributed by atoms with Crippen LogP contribution in [-0.4, -0.2) is 19.2 Å². The van der Waals surface area contributed by atoms with Crippen molar-refractivity contribution < 1.29 is 9.53 Å². The molecule has 1 unspecified atom stereocenters. The lowest BCUT2D eigenvalue weighted by Gasteiger charge is -2.23. The van der Waals surface area contributed by atoms with Crippen molar-refractivity contribution >= 4 is 33.4 Å². The number of carbonyl (C=O) groups is 1. The third kappa shape index (κ3) is 3.43. The number of aryl methyl sites for hydroxylation is 1. The van der Waals surface area contributed by atoms with Crippen LogP contribution in [0, 0.1) is 0 Å². The maximum absolute atomic E-state index is 10.4. The van der Waals surface area contributed by atoms with E-state index in [1.807, 2.05) is 11.3 Å². The van der Waals surface area contributed by atoms with Gasteiger partial charge in [-0.1, -0.05) is 0 Å². The summed E-state index contributed by atoms with van der Waals surface area (Å²) in [7, 11) is 0. The fraction of sp³-hybridized carbons (Fsp3) is 0.545. The Morgan fingerprint density at radius 2 is 2.53 bits per heavy atom. The Kier molecular flexibility index (Phi) is 4.42. The van der Waals surface area contributed by atoms with Gasteiger partial charge in [-0.05, 0) is 46.8 Å². The van der Waals surface area contributed by atoms with E-state index in [0.717, 1.165) is 6.42 Å². The predicted octanol–water partition coefficient (Wildman–Crippen LogP) is 2.57. The molecule has 6 heteroatoms. The molecule has 0 aromatic carbocycles. The maximum Gasteiger partial charge on any atom is 0.404 e. The van der Waals surface area contributed by atoms with E-state index in [9.17, 15) is 4.79 Å². The Morgan fingerprint density at radius 1 is 1.71 bits per heavy atom. The number of rotatable bonds is 4. The number of thiophene rings is 1. The van der Waals surface area contributed by atoms with Crippen LogP contribution in [0.4, 0.5) is 4.79 Å². The van der Waals surface area contributed by atoms with E-state index in [4.69, 9.17) is 10.5 Å². The minimum atomic E-state index is -0.714. The lowest BCUT2D eigenvalue weighted by Crippen LogP contribution is -2.29. The second-order valence-corrected chi connectivity index (χ2v) is 6.51. The maximum atomic E-state index is 10.4. The standard InChI is InChI=1S/C11H15BrN2O2S/c12-10-6-7-8(2-1-3-9(7)17-10)14-4-5-16-11(13)15/h6,8,14H,1-5H2,(H2,13,15). The van der Waals surface area contributed by atoms with Gasteiger partial charge in [0.25, 0.3) is 0 Å². The molecular weight excluding hydrogens is 304 g/mol. The number of hydrogen-bond donors (Lipinski definition) is 2. The molecule has 94 valence electrons. The minimum absolute atomic E-state index is 0.326. The highest BCUT2D eigenvalue weighted by Gasteiger charge is 2.21. The zero-order valence-corrected chi connectivity index (χ0v) is 11.8. The van der Waals surface area contributed by atoms with Crippen LogP contribution >= 0.6 is 27.3 Å². The van der Waals surface area contributed by atoms with Gasteiger partial charge < -0.3 is 15.8 Å². The van der Waals surface area contributed by atoms with Crippen molar-refractivity contribution in [1.82, 2.24) is 5.32 Å². The molecule has 4 nitrogen and oxygen atoms in total. The smallest absolute Gasteiger partial charge is 0.404 e. The summed E-state index contributed by atoms with van der Waals surface area (Å²) < 4.78 is 5.88. The van der Waals surface area contributed by atoms with E-state index in [0.29, 0.717) is 19.2 Å². The average Bonchev–Trinajstić information content (AvgIpc) is 2.65. The van der Waals surface area contributed by atoms with Gasteiger partial charge in [-0.3, -0.25) is 0 Å². The van der Waals surface area contributed by atoms with Gasteiger partial charge in [0.05, 0.1) is 3.79 Å². The molecule has 0 spiro atoms. The molecule has 1 aliphatic rings. The van der Waals surface area contributed by atoms with E-state index < -0.39 is 6.09 Å². The van der Waals surface area contributed by atoms with Crippen molar-refractivity contribution in [1.29, 1.82) is 0 Å². The number of carbonyl (C=O) groups excluding carboxylic acids is 1. The number of fused-ring (bicyclic) bond motifs is 1. The molecule has 0 saturated heterocycles. The van der Waals surface area contributed by atoms with E-state index in [-0.39, 0.29) is 0 Å². The number of nitrogens with two attached hydrogens (primary N) is 1. The van der Waals surface area contributed by atoms with Crippen LogP contribution in [0.2, 0.25) is 0 Å². The van der Waals surface area contributed by atoms with Gasteiger partial charge in [-0.15, -0.1) is 11.3 Å². The topological polar surface area (TPSA) is 64.4 Å². The molecule has 1 amide bonds. The first-order chi connectivity index (χ1) is 8.16. The number of primary amides is 1. The van der Waals surface area contributed by atoms with Gasteiger partial charge in [0.15, 0.2) is 0 Å². The van der Waals surface area contributed by atoms with E-state index in [1.165, 1.54) is 27.1 Å². The third-order valence-electron chi connectivity index (χ3n) is 2.82. The Labute approximate surface area is 113 Å². The highest BCUT2D eigenvalue weighted by Crippen LogP contribution is 2.37. The van der Waals surface area contributed by atoms with Crippen LogP contribution in [0.3, 0.4) is 0 Å². The number of halogens is 1. The molecule has 1 aliphatic carbocycles. The number of hydrogen-bond acceptors (Lipinski definition) is 4. The van der Waals surface area contributed by atoms with Crippen LogP contribution in [0.15, 0.2) is 9.85 Å². The summed E-state index contributed by atoms with van der Waals surface area (Å²) in [6.07, 6.45) is 2.79.